The van der Waals surface area contributed by atoms with Crippen LogP contribution < -0.4 is 11.1 Å². The highest BCUT2D eigenvalue weighted by Gasteiger charge is 2.09. The van der Waals surface area contributed by atoms with Crippen molar-refractivity contribution in [2.45, 2.75) is 6.92 Å². The molecule has 0 aliphatic carbocycles. The number of benzene rings is 1. The van der Waals surface area contributed by atoms with Crippen LogP contribution in [0.5, 0.6) is 0 Å². The molecule has 0 atom stereocenters. The van der Waals surface area contributed by atoms with Crippen molar-refractivity contribution in [1.29, 1.82) is 0 Å². The first-order valence-electron chi connectivity index (χ1n) is 5.46. The van der Waals surface area contributed by atoms with Gasteiger partial charge in [-0.3, -0.25) is 9.78 Å². The number of pyridine rings is 1. The second-order valence-corrected chi connectivity index (χ2v) is 4.81. The SMILES string of the molecule is Cc1ccc(C(=O)Nc2cc(Cl)c(N)c(Cl)c2)cn1. The van der Waals surface area contributed by atoms with Crippen LogP contribution in [0.1, 0.15) is 16.1 Å². The smallest absolute Gasteiger partial charge is 0.257 e. The normalized spacial score (nSPS) is 10.3. The van der Waals surface area contributed by atoms with E-state index in [1.54, 1.807) is 24.3 Å². The maximum atomic E-state index is 12.0. The number of nitrogens with two attached hydrogens (primary N) is 1. The second kappa shape index (κ2) is 5.47. The van der Waals surface area contributed by atoms with Crippen molar-refractivity contribution in [2.75, 3.05) is 11.1 Å². The van der Waals surface area contributed by atoms with Gasteiger partial charge < -0.3 is 11.1 Å². The number of anilines is 2. The molecule has 2 aromatic rings. The molecule has 6 heteroatoms. The molecule has 0 unspecified atom stereocenters. The molecular weight excluding hydrogens is 285 g/mol. The Bertz CT molecular complexity index is 603. The Morgan fingerprint density at radius 1 is 1.26 bits per heavy atom. The third-order valence-electron chi connectivity index (χ3n) is 2.51. The van der Waals surface area contributed by atoms with E-state index >= 15 is 0 Å². The number of amides is 1. The standard InChI is InChI=1S/C13H11Cl2N3O/c1-7-2-3-8(6-17-7)13(19)18-9-4-10(14)12(16)11(15)5-9/h2-6H,16H2,1H3,(H,18,19). The highest BCUT2D eigenvalue weighted by Crippen LogP contribution is 2.31. The summed E-state index contributed by atoms with van der Waals surface area (Å²) in [6.07, 6.45) is 1.51. The quantitative estimate of drug-likeness (QED) is 0.833. The first-order chi connectivity index (χ1) is 8.97. The molecule has 0 aliphatic heterocycles. The lowest BCUT2D eigenvalue weighted by Crippen LogP contribution is -2.12. The molecule has 0 fully saturated rings. The molecule has 1 aromatic carbocycles. The van der Waals surface area contributed by atoms with E-state index in [1.165, 1.54) is 6.20 Å². The number of rotatable bonds is 2. The zero-order chi connectivity index (χ0) is 14.0. The van der Waals surface area contributed by atoms with Gasteiger partial charge in [0.05, 0.1) is 21.3 Å². The number of aryl methyl sites for hydroxylation is 1. The predicted molar refractivity (Wildman–Crippen MR) is 77.8 cm³/mol. The molecule has 2 rings (SSSR count). The topological polar surface area (TPSA) is 68.0 Å². The van der Waals surface area contributed by atoms with E-state index in [4.69, 9.17) is 28.9 Å². The molecule has 4 nitrogen and oxygen atoms in total. The van der Waals surface area contributed by atoms with Gasteiger partial charge in [-0.1, -0.05) is 23.2 Å². The van der Waals surface area contributed by atoms with E-state index in [2.05, 4.69) is 10.3 Å². The molecule has 0 radical (unpaired) electrons. The van der Waals surface area contributed by atoms with E-state index in [0.717, 1.165) is 5.69 Å². The fourth-order valence-corrected chi connectivity index (χ4v) is 1.95. The first kappa shape index (κ1) is 13.6. The highest BCUT2D eigenvalue weighted by atomic mass is 35.5. The molecule has 0 spiro atoms. The molecule has 3 N–H and O–H groups in total. The monoisotopic (exact) mass is 295 g/mol. The molecule has 0 saturated carbocycles. The maximum absolute atomic E-state index is 12.0. The lowest BCUT2D eigenvalue weighted by atomic mass is 10.2. The van der Waals surface area contributed by atoms with Gasteiger partial charge >= 0.3 is 0 Å². The minimum atomic E-state index is -0.288. The van der Waals surface area contributed by atoms with Crippen LogP contribution >= 0.6 is 23.2 Å². The number of carbonyl (C=O) groups is 1. The Labute approximate surface area is 120 Å². The van der Waals surface area contributed by atoms with Crippen molar-refractivity contribution in [3.63, 3.8) is 0 Å². The summed E-state index contributed by atoms with van der Waals surface area (Å²) in [6, 6.07) is 6.54. The molecule has 1 aromatic heterocycles. The average Bonchev–Trinajstić information content (AvgIpc) is 2.36. The predicted octanol–water partition coefficient (Wildman–Crippen LogP) is 3.53. The number of aromatic nitrogens is 1. The zero-order valence-electron chi connectivity index (χ0n) is 10.1. The molecule has 0 bridgehead atoms. The lowest BCUT2D eigenvalue weighted by Gasteiger charge is -2.08. The molecule has 98 valence electrons. The van der Waals surface area contributed by atoms with Gasteiger partial charge in [0.2, 0.25) is 0 Å². The average molecular weight is 296 g/mol. The van der Waals surface area contributed by atoms with Gasteiger partial charge in [-0.15, -0.1) is 0 Å². The summed E-state index contributed by atoms with van der Waals surface area (Å²) in [4.78, 5) is 16.0. The molecule has 1 amide bonds. The number of carbonyl (C=O) groups excluding carboxylic acids is 1. The van der Waals surface area contributed by atoms with Crippen molar-refractivity contribution in [1.82, 2.24) is 4.98 Å². The molecule has 0 saturated heterocycles. The minimum absolute atomic E-state index is 0.288. The lowest BCUT2D eigenvalue weighted by molar-refractivity contribution is 0.102. The molecule has 0 aliphatic rings. The fourth-order valence-electron chi connectivity index (χ4n) is 1.46. The van der Waals surface area contributed by atoms with E-state index in [1.807, 2.05) is 6.92 Å². The fraction of sp³-hybridized carbons (Fsp3) is 0.0769. The minimum Gasteiger partial charge on any atom is -0.396 e. The van der Waals surface area contributed by atoms with Crippen LogP contribution in [0, 0.1) is 6.92 Å². The van der Waals surface area contributed by atoms with Crippen molar-refractivity contribution in [3.05, 3.63) is 51.8 Å². The maximum Gasteiger partial charge on any atom is 0.257 e. The molecule has 1 heterocycles. The van der Waals surface area contributed by atoms with E-state index in [-0.39, 0.29) is 5.91 Å². The summed E-state index contributed by atoms with van der Waals surface area (Å²) < 4.78 is 0. The third kappa shape index (κ3) is 3.16. The van der Waals surface area contributed by atoms with Gasteiger partial charge in [0.25, 0.3) is 5.91 Å². The summed E-state index contributed by atoms with van der Waals surface area (Å²) >= 11 is 11.8. The first-order valence-corrected chi connectivity index (χ1v) is 6.21. The Hall–Kier alpha value is -1.78. The largest absolute Gasteiger partial charge is 0.396 e. The van der Waals surface area contributed by atoms with Crippen LogP contribution in [0.3, 0.4) is 0 Å². The Kier molecular flexibility index (Phi) is 3.93. The van der Waals surface area contributed by atoms with Crippen LogP contribution in [-0.4, -0.2) is 10.9 Å². The molecular formula is C13H11Cl2N3O. The van der Waals surface area contributed by atoms with Gasteiger partial charge in [-0.25, -0.2) is 0 Å². The highest BCUT2D eigenvalue weighted by molar-refractivity contribution is 6.39. The van der Waals surface area contributed by atoms with Crippen LogP contribution in [0.4, 0.5) is 11.4 Å². The van der Waals surface area contributed by atoms with Gasteiger partial charge in [0, 0.05) is 17.6 Å². The summed E-state index contributed by atoms with van der Waals surface area (Å²) in [5.74, 6) is -0.288. The summed E-state index contributed by atoms with van der Waals surface area (Å²) in [7, 11) is 0. The number of hydrogen-bond acceptors (Lipinski definition) is 3. The summed E-state index contributed by atoms with van der Waals surface area (Å²) in [5, 5.41) is 3.28. The van der Waals surface area contributed by atoms with Crippen LogP contribution in [-0.2, 0) is 0 Å². The van der Waals surface area contributed by atoms with Crippen LogP contribution in [0.25, 0.3) is 0 Å². The van der Waals surface area contributed by atoms with Gasteiger partial charge in [0.15, 0.2) is 0 Å². The van der Waals surface area contributed by atoms with Crippen molar-refractivity contribution in [2.24, 2.45) is 0 Å². The summed E-state index contributed by atoms with van der Waals surface area (Å²) in [5.41, 5.74) is 7.69. The number of halogens is 2. The number of nitrogen functional groups attached to an aromatic ring is 1. The number of nitrogens with zero attached hydrogens (tertiary/aromatic N) is 1. The Balaban J connectivity index is 2.22. The number of nitrogens with one attached hydrogen (secondary N) is 1. The van der Waals surface area contributed by atoms with Crippen molar-refractivity contribution >= 4 is 40.5 Å². The van der Waals surface area contributed by atoms with Crippen molar-refractivity contribution < 1.29 is 4.79 Å². The van der Waals surface area contributed by atoms with E-state index in [0.29, 0.717) is 27.0 Å². The van der Waals surface area contributed by atoms with Crippen LogP contribution in [0.2, 0.25) is 10.0 Å². The third-order valence-corrected chi connectivity index (χ3v) is 3.14. The zero-order valence-corrected chi connectivity index (χ0v) is 11.6. The van der Waals surface area contributed by atoms with Gasteiger partial charge in [-0.05, 0) is 31.2 Å². The Morgan fingerprint density at radius 2 is 1.89 bits per heavy atom. The van der Waals surface area contributed by atoms with Gasteiger partial charge in [-0.2, -0.15) is 0 Å². The van der Waals surface area contributed by atoms with Crippen molar-refractivity contribution in [3.8, 4) is 0 Å². The summed E-state index contributed by atoms with van der Waals surface area (Å²) in [6.45, 7) is 1.85. The van der Waals surface area contributed by atoms with E-state index in [9.17, 15) is 4.79 Å². The van der Waals surface area contributed by atoms with E-state index < -0.39 is 0 Å². The van der Waals surface area contributed by atoms with Crippen LogP contribution in [0.15, 0.2) is 30.5 Å². The van der Waals surface area contributed by atoms with Gasteiger partial charge in [0.1, 0.15) is 0 Å². The second-order valence-electron chi connectivity index (χ2n) is 4.00. The Morgan fingerprint density at radius 3 is 2.42 bits per heavy atom. The molecule has 19 heavy (non-hydrogen) atoms. The number of hydrogen-bond donors (Lipinski definition) is 2.